The predicted octanol–water partition coefficient (Wildman–Crippen LogP) is 0.837. The maximum Gasteiger partial charge on any atom is 0.205 e. The molecular formula is C10H24O7P2. The van der Waals surface area contributed by atoms with Crippen LogP contribution in [-0.2, 0) is 23.3 Å². The minimum Gasteiger partial charge on any atom is -0.384 e. The fraction of sp³-hybridized carbons (Fsp3) is 1.00. The standard InChI is InChI=1S/C10H24O7P2/c1-15-3-7-18(11,12)9-5-17-6-10-19(13,14)8-4-16-2/h3-10H2,1-2H3,(H,11,12)(H,13,14). The van der Waals surface area contributed by atoms with Gasteiger partial charge in [-0.1, -0.05) is 0 Å². The fourth-order valence-corrected chi connectivity index (χ4v) is 3.42. The summed E-state index contributed by atoms with van der Waals surface area (Å²) in [5, 5.41) is 0. The molecule has 2 unspecified atom stereocenters. The van der Waals surface area contributed by atoms with Gasteiger partial charge in [0.2, 0.25) is 14.7 Å². The molecule has 0 aliphatic carbocycles. The molecule has 0 heterocycles. The Hall–Kier alpha value is 0.260. The highest BCUT2D eigenvalue weighted by Crippen LogP contribution is 2.40. The molecule has 7 nitrogen and oxygen atoms in total. The molecule has 0 radical (unpaired) electrons. The van der Waals surface area contributed by atoms with Gasteiger partial charge in [-0.25, -0.2) is 0 Å². The van der Waals surface area contributed by atoms with Gasteiger partial charge in [-0.2, -0.15) is 0 Å². The highest BCUT2D eigenvalue weighted by Gasteiger charge is 2.19. The largest absolute Gasteiger partial charge is 0.384 e. The first kappa shape index (κ1) is 19.3. The Labute approximate surface area is 114 Å². The van der Waals surface area contributed by atoms with E-state index in [-0.39, 0.29) is 51.1 Å². The molecule has 0 bridgehead atoms. The molecule has 0 aliphatic heterocycles. The van der Waals surface area contributed by atoms with E-state index >= 15 is 0 Å². The lowest BCUT2D eigenvalue weighted by Gasteiger charge is -2.13. The van der Waals surface area contributed by atoms with Crippen LogP contribution in [0, 0.1) is 0 Å². The van der Waals surface area contributed by atoms with E-state index in [4.69, 9.17) is 14.2 Å². The van der Waals surface area contributed by atoms with E-state index < -0.39 is 14.7 Å². The molecule has 0 saturated carbocycles. The van der Waals surface area contributed by atoms with Crippen molar-refractivity contribution in [1.82, 2.24) is 0 Å². The molecule has 0 fully saturated rings. The summed E-state index contributed by atoms with van der Waals surface area (Å²) < 4.78 is 37.7. The summed E-state index contributed by atoms with van der Waals surface area (Å²) in [7, 11) is -3.48. The lowest BCUT2D eigenvalue weighted by Crippen LogP contribution is -2.10. The van der Waals surface area contributed by atoms with Crippen LogP contribution in [0.1, 0.15) is 0 Å². The Bertz CT molecular complexity index is 291. The first-order chi connectivity index (χ1) is 8.83. The smallest absolute Gasteiger partial charge is 0.205 e. The topological polar surface area (TPSA) is 102 Å². The van der Waals surface area contributed by atoms with Crippen LogP contribution in [0.15, 0.2) is 0 Å². The molecule has 19 heavy (non-hydrogen) atoms. The third-order valence-corrected chi connectivity index (χ3v) is 5.99. The van der Waals surface area contributed by atoms with Gasteiger partial charge in [-0.15, -0.1) is 0 Å². The zero-order valence-corrected chi connectivity index (χ0v) is 13.3. The van der Waals surface area contributed by atoms with Crippen molar-refractivity contribution in [3.63, 3.8) is 0 Å². The van der Waals surface area contributed by atoms with Crippen LogP contribution in [0.2, 0.25) is 0 Å². The van der Waals surface area contributed by atoms with Gasteiger partial charge in [0.25, 0.3) is 0 Å². The Morgan fingerprint density at radius 3 is 1.37 bits per heavy atom. The summed E-state index contributed by atoms with van der Waals surface area (Å²) in [5.74, 6) is 0. The van der Waals surface area contributed by atoms with Crippen LogP contribution < -0.4 is 0 Å². The van der Waals surface area contributed by atoms with Crippen molar-refractivity contribution in [1.29, 1.82) is 0 Å². The van der Waals surface area contributed by atoms with E-state index in [1.165, 1.54) is 14.2 Å². The summed E-state index contributed by atoms with van der Waals surface area (Å²) in [6.45, 7) is 0.664. The SMILES string of the molecule is COCCP(=O)(O)CCOCCP(=O)(O)CCOC. The van der Waals surface area contributed by atoms with E-state index in [2.05, 4.69) is 0 Å². The average Bonchev–Trinajstić information content (AvgIpc) is 2.33. The molecule has 0 saturated heterocycles. The van der Waals surface area contributed by atoms with Crippen LogP contribution in [0.5, 0.6) is 0 Å². The van der Waals surface area contributed by atoms with Gasteiger partial charge in [0.1, 0.15) is 0 Å². The van der Waals surface area contributed by atoms with E-state index in [9.17, 15) is 18.9 Å². The second-order valence-electron chi connectivity index (χ2n) is 4.18. The summed E-state index contributed by atoms with van der Waals surface area (Å²) in [6, 6.07) is 0. The maximum absolute atomic E-state index is 11.5. The molecule has 0 aromatic carbocycles. The van der Waals surface area contributed by atoms with Gasteiger partial charge >= 0.3 is 0 Å². The third kappa shape index (κ3) is 11.8. The average molecular weight is 318 g/mol. The molecule has 0 rings (SSSR count). The van der Waals surface area contributed by atoms with Crippen molar-refractivity contribution in [2.75, 3.05) is 65.3 Å². The second-order valence-corrected chi connectivity index (χ2v) is 9.36. The van der Waals surface area contributed by atoms with E-state index in [0.717, 1.165) is 0 Å². The molecule has 2 N–H and O–H groups in total. The second kappa shape index (κ2) is 10.1. The van der Waals surface area contributed by atoms with Crippen LogP contribution in [0.3, 0.4) is 0 Å². The van der Waals surface area contributed by atoms with Crippen molar-refractivity contribution in [2.45, 2.75) is 0 Å². The first-order valence-electron chi connectivity index (χ1n) is 6.00. The number of hydrogen-bond acceptors (Lipinski definition) is 5. The zero-order chi connectivity index (χ0) is 14.8. The summed E-state index contributed by atoms with van der Waals surface area (Å²) in [4.78, 5) is 19.0. The number of methoxy groups -OCH3 is 2. The van der Waals surface area contributed by atoms with Crippen LogP contribution >= 0.6 is 14.7 Å². The maximum atomic E-state index is 11.5. The summed E-state index contributed by atoms with van der Waals surface area (Å²) >= 11 is 0. The van der Waals surface area contributed by atoms with Gasteiger partial charge in [0, 0.05) is 38.9 Å². The van der Waals surface area contributed by atoms with Crippen LogP contribution in [-0.4, -0.2) is 75.1 Å². The summed E-state index contributed by atoms with van der Waals surface area (Å²) in [5.41, 5.74) is 0. The Morgan fingerprint density at radius 1 is 0.737 bits per heavy atom. The highest BCUT2D eigenvalue weighted by atomic mass is 31.2. The van der Waals surface area contributed by atoms with Gasteiger partial charge in [0.05, 0.1) is 26.4 Å². The monoisotopic (exact) mass is 318 g/mol. The number of rotatable bonds is 12. The molecule has 0 amide bonds. The van der Waals surface area contributed by atoms with Gasteiger partial charge in [0.15, 0.2) is 0 Å². The molecule has 0 spiro atoms. The lowest BCUT2D eigenvalue weighted by atomic mass is 10.8. The molecule has 9 heteroatoms. The van der Waals surface area contributed by atoms with Crippen molar-refractivity contribution in [3.05, 3.63) is 0 Å². The van der Waals surface area contributed by atoms with Crippen molar-refractivity contribution in [3.8, 4) is 0 Å². The molecule has 116 valence electrons. The Morgan fingerprint density at radius 2 is 1.05 bits per heavy atom. The van der Waals surface area contributed by atoms with Crippen LogP contribution in [0.4, 0.5) is 0 Å². The number of ether oxygens (including phenoxy) is 3. The molecule has 0 aromatic heterocycles. The fourth-order valence-electron chi connectivity index (χ4n) is 1.21. The normalized spacial score (nSPS) is 17.9. The molecule has 2 atom stereocenters. The molecule has 0 aromatic rings. The van der Waals surface area contributed by atoms with E-state index in [0.29, 0.717) is 0 Å². The minimum atomic E-state index is -3.21. The highest BCUT2D eigenvalue weighted by molar-refractivity contribution is 7.58. The Kier molecular flexibility index (Phi) is 10.2. The predicted molar refractivity (Wildman–Crippen MR) is 73.7 cm³/mol. The quantitative estimate of drug-likeness (QED) is 0.406. The Balaban J connectivity index is 3.69. The first-order valence-corrected chi connectivity index (χ1v) is 10.1. The van der Waals surface area contributed by atoms with Gasteiger partial charge in [-0.3, -0.25) is 9.13 Å². The van der Waals surface area contributed by atoms with E-state index in [1.54, 1.807) is 0 Å². The minimum absolute atomic E-state index is 0.0319. The zero-order valence-electron chi connectivity index (χ0n) is 11.5. The third-order valence-electron chi connectivity index (χ3n) is 2.46. The van der Waals surface area contributed by atoms with Crippen molar-refractivity contribution < 1.29 is 33.1 Å². The van der Waals surface area contributed by atoms with Crippen molar-refractivity contribution >= 4 is 14.7 Å². The van der Waals surface area contributed by atoms with Gasteiger partial charge < -0.3 is 24.0 Å². The lowest BCUT2D eigenvalue weighted by molar-refractivity contribution is 0.160. The molecular weight excluding hydrogens is 294 g/mol. The summed E-state index contributed by atoms with van der Waals surface area (Å²) in [6.07, 6.45) is 0.257. The number of hydrogen-bond donors (Lipinski definition) is 2. The molecule has 0 aliphatic rings. The van der Waals surface area contributed by atoms with Crippen molar-refractivity contribution in [2.24, 2.45) is 0 Å². The van der Waals surface area contributed by atoms with E-state index in [1.807, 2.05) is 0 Å². The van der Waals surface area contributed by atoms with Gasteiger partial charge in [-0.05, 0) is 0 Å². The van der Waals surface area contributed by atoms with Crippen LogP contribution in [0.25, 0.3) is 0 Å².